The van der Waals surface area contributed by atoms with Gasteiger partial charge in [-0.2, -0.15) is 0 Å². The van der Waals surface area contributed by atoms with E-state index in [0.29, 0.717) is 11.2 Å². The largest absolute Gasteiger partial charge is 0.322 e. The lowest BCUT2D eigenvalue weighted by Gasteiger charge is -2.15. The van der Waals surface area contributed by atoms with Crippen LogP contribution in [0.5, 0.6) is 0 Å². The van der Waals surface area contributed by atoms with Crippen molar-refractivity contribution in [1.29, 1.82) is 0 Å². The molecule has 31 heavy (non-hydrogen) atoms. The molecule has 3 aromatic carbocycles. The van der Waals surface area contributed by atoms with Crippen molar-refractivity contribution in [3.63, 3.8) is 0 Å². The lowest BCUT2D eigenvalue weighted by molar-refractivity contribution is 0.102. The van der Waals surface area contributed by atoms with Crippen LogP contribution in [0.1, 0.15) is 10.4 Å². The average Bonchev–Trinajstić information content (AvgIpc) is 2.76. The van der Waals surface area contributed by atoms with Gasteiger partial charge in [-0.05, 0) is 36.4 Å². The third kappa shape index (κ3) is 4.46. The Labute approximate surface area is 188 Å². The first-order chi connectivity index (χ1) is 14.8. The van der Waals surface area contributed by atoms with Crippen LogP contribution in [-0.2, 0) is 10.0 Å². The van der Waals surface area contributed by atoms with E-state index < -0.39 is 15.9 Å². The number of rotatable bonds is 5. The van der Waals surface area contributed by atoms with Gasteiger partial charge in [-0.25, -0.2) is 8.42 Å². The summed E-state index contributed by atoms with van der Waals surface area (Å²) < 4.78 is 28.7. The van der Waals surface area contributed by atoms with Crippen LogP contribution in [0.4, 0.5) is 11.4 Å². The number of fused-ring (bicyclic) bond motifs is 1. The van der Waals surface area contributed by atoms with Crippen LogP contribution in [0.2, 0.25) is 10.0 Å². The van der Waals surface area contributed by atoms with Crippen LogP contribution in [0.3, 0.4) is 0 Å². The molecular formula is C21H14Cl2N4O3S. The maximum Gasteiger partial charge on any atom is 0.264 e. The summed E-state index contributed by atoms with van der Waals surface area (Å²) in [7, 11) is -4.13. The van der Waals surface area contributed by atoms with Crippen LogP contribution >= 0.6 is 23.2 Å². The Bertz CT molecular complexity index is 1390. The van der Waals surface area contributed by atoms with Gasteiger partial charge in [0.15, 0.2) is 0 Å². The van der Waals surface area contributed by atoms with Crippen molar-refractivity contribution in [3.8, 4) is 0 Å². The lowest BCUT2D eigenvalue weighted by Crippen LogP contribution is -2.19. The first-order valence-electron chi connectivity index (χ1n) is 8.93. The summed E-state index contributed by atoms with van der Waals surface area (Å²) in [6, 6.07) is 15.9. The molecule has 0 aliphatic heterocycles. The van der Waals surface area contributed by atoms with Gasteiger partial charge in [0.25, 0.3) is 15.9 Å². The Kier molecular flexibility index (Phi) is 5.77. The maximum absolute atomic E-state index is 13.2. The predicted molar refractivity (Wildman–Crippen MR) is 121 cm³/mol. The molecule has 0 fully saturated rings. The zero-order valence-corrected chi connectivity index (χ0v) is 18.0. The third-order valence-corrected chi connectivity index (χ3v) is 6.45. The highest BCUT2D eigenvalue weighted by atomic mass is 35.5. The van der Waals surface area contributed by atoms with E-state index in [9.17, 15) is 13.2 Å². The van der Waals surface area contributed by atoms with Crippen molar-refractivity contribution in [2.75, 3.05) is 10.0 Å². The van der Waals surface area contributed by atoms with E-state index >= 15 is 0 Å². The first-order valence-corrected chi connectivity index (χ1v) is 11.2. The molecule has 0 saturated carbocycles. The summed E-state index contributed by atoms with van der Waals surface area (Å²) in [6.45, 7) is 0. The Morgan fingerprint density at radius 3 is 2.35 bits per heavy atom. The number of nitrogens with zero attached hydrogens (tertiary/aromatic N) is 2. The number of nitrogens with one attached hydrogen (secondary N) is 2. The fraction of sp³-hybridized carbons (Fsp3) is 0. The summed E-state index contributed by atoms with van der Waals surface area (Å²) in [6.07, 6.45) is 2.87. The second-order valence-electron chi connectivity index (χ2n) is 6.42. The van der Waals surface area contributed by atoms with Gasteiger partial charge in [0, 0.05) is 18.1 Å². The number of amides is 1. The molecule has 2 N–H and O–H groups in total. The van der Waals surface area contributed by atoms with Gasteiger partial charge in [0.1, 0.15) is 10.4 Å². The number of carbonyl (C=O) groups is 1. The second kappa shape index (κ2) is 8.50. The monoisotopic (exact) mass is 472 g/mol. The van der Waals surface area contributed by atoms with Gasteiger partial charge in [0.2, 0.25) is 0 Å². The highest BCUT2D eigenvalue weighted by molar-refractivity contribution is 7.93. The van der Waals surface area contributed by atoms with Crippen LogP contribution < -0.4 is 10.0 Å². The minimum Gasteiger partial charge on any atom is -0.322 e. The summed E-state index contributed by atoms with van der Waals surface area (Å²) in [5.74, 6) is -0.555. The van der Waals surface area contributed by atoms with Crippen molar-refractivity contribution in [2.24, 2.45) is 0 Å². The van der Waals surface area contributed by atoms with Crippen molar-refractivity contribution < 1.29 is 13.2 Å². The summed E-state index contributed by atoms with van der Waals surface area (Å²) in [5, 5.41) is 2.90. The normalized spacial score (nSPS) is 11.3. The van der Waals surface area contributed by atoms with E-state index in [-0.39, 0.29) is 31.7 Å². The van der Waals surface area contributed by atoms with E-state index in [2.05, 4.69) is 20.0 Å². The van der Waals surface area contributed by atoms with Crippen molar-refractivity contribution in [2.45, 2.75) is 4.90 Å². The molecule has 7 nitrogen and oxygen atoms in total. The standard InChI is InChI=1S/C21H14Cl2N4O3S/c22-15-11-14(21(28)26-13-5-2-1-3-6-13)18(12-16(15)23)27-31(29,30)19-8-4-7-17-20(19)25-10-9-24-17/h1-12,27H,(H,26,28). The molecule has 0 bridgehead atoms. The number of anilines is 2. The van der Waals surface area contributed by atoms with Crippen molar-refractivity contribution >= 4 is 61.5 Å². The quantitative estimate of drug-likeness (QED) is 0.425. The molecule has 1 heterocycles. The minimum atomic E-state index is -4.13. The minimum absolute atomic E-state index is 0.00755. The van der Waals surface area contributed by atoms with Gasteiger partial charge in [-0.15, -0.1) is 0 Å². The number of aromatic nitrogens is 2. The number of carbonyl (C=O) groups excluding carboxylic acids is 1. The molecular weight excluding hydrogens is 459 g/mol. The molecule has 0 spiro atoms. The lowest BCUT2D eigenvalue weighted by atomic mass is 10.1. The molecule has 0 radical (unpaired) electrons. The second-order valence-corrected chi connectivity index (χ2v) is 8.88. The van der Waals surface area contributed by atoms with E-state index in [4.69, 9.17) is 23.2 Å². The van der Waals surface area contributed by atoms with Crippen LogP contribution in [0, 0.1) is 0 Å². The highest BCUT2D eigenvalue weighted by Crippen LogP contribution is 2.32. The molecule has 1 amide bonds. The Morgan fingerprint density at radius 1 is 0.871 bits per heavy atom. The summed E-state index contributed by atoms with van der Waals surface area (Å²) >= 11 is 12.2. The number of benzene rings is 3. The molecule has 10 heteroatoms. The molecule has 1 aromatic heterocycles. The number of sulfonamides is 1. The molecule has 156 valence electrons. The smallest absolute Gasteiger partial charge is 0.264 e. The van der Waals surface area contributed by atoms with Gasteiger partial charge >= 0.3 is 0 Å². The molecule has 0 saturated heterocycles. The molecule has 4 aromatic rings. The third-order valence-electron chi connectivity index (χ3n) is 4.33. The molecule has 0 unspecified atom stereocenters. The molecule has 0 atom stereocenters. The van der Waals surface area contributed by atoms with Crippen LogP contribution in [-0.4, -0.2) is 24.3 Å². The van der Waals surface area contributed by atoms with E-state index in [1.54, 1.807) is 42.5 Å². The van der Waals surface area contributed by atoms with Crippen LogP contribution in [0.25, 0.3) is 11.0 Å². The van der Waals surface area contributed by atoms with Gasteiger partial charge in [0.05, 0.1) is 26.8 Å². The number of para-hydroxylation sites is 2. The van der Waals surface area contributed by atoms with E-state index in [1.807, 2.05) is 0 Å². The van der Waals surface area contributed by atoms with Crippen molar-refractivity contribution in [1.82, 2.24) is 9.97 Å². The molecule has 0 aliphatic carbocycles. The number of halogens is 2. The molecule has 0 aliphatic rings. The summed E-state index contributed by atoms with van der Waals surface area (Å²) in [5.41, 5.74) is 1.14. The zero-order chi connectivity index (χ0) is 22.0. The first kappa shape index (κ1) is 21.0. The van der Waals surface area contributed by atoms with Crippen molar-refractivity contribution in [3.05, 3.63) is 88.7 Å². The Balaban J connectivity index is 1.75. The number of hydrogen-bond acceptors (Lipinski definition) is 5. The topological polar surface area (TPSA) is 101 Å². The summed E-state index contributed by atoms with van der Waals surface area (Å²) in [4.78, 5) is 21.0. The SMILES string of the molecule is O=C(Nc1ccccc1)c1cc(Cl)c(Cl)cc1NS(=O)(=O)c1cccc2nccnc12. The van der Waals surface area contributed by atoms with E-state index in [0.717, 1.165) is 0 Å². The number of hydrogen-bond donors (Lipinski definition) is 2. The average molecular weight is 473 g/mol. The van der Waals surface area contributed by atoms with Gasteiger partial charge in [-0.1, -0.05) is 47.5 Å². The predicted octanol–water partition coefficient (Wildman–Crippen LogP) is 4.99. The Hall–Kier alpha value is -3.20. The van der Waals surface area contributed by atoms with Crippen LogP contribution in [0.15, 0.2) is 78.0 Å². The maximum atomic E-state index is 13.2. The fourth-order valence-corrected chi connectivity index (χ4v) is 4.49. The fourth-order valence-electron chi connectivity index (χ4n) is 2.92. The zero-order valence-electron chi connectivity index (χ0n) is 15.7. The molecule has 4 rings (SSSR count). The van der Waals surface area contributed by atoms with Gasteiger partial charge in [-0.3, -0.25) is 19.5 Å². The van der Waals surface area contributed by atoms with E-state index in [1.165, 1.54) is 30.6 Å². The highest BCUT2D eigenvalue weighted by Gasteiger charge is 2.23. The van der Waals surface area contributed by atoms with Gasteiger partial charge < -0.3 is 5.32 Å². The Morgan fingerprint density at radius 2 is 1.58 bits per heavy atom.